The zero-order valence-corrected chi connectivity index (χ0v) is 15.5. The molecule has 0 aliphatic rings. The Morgan fingerprint density at radius 3 is 1.52 bits per heavy atom. The molecule has 0 aliphatic heterocycles. The third-order valence-electron chi connectivity index (χ3n) is 4.21. The number of aryl methyl sites for hydroxylation is 1. The van der Waals surface area contributed by atoms with Gasteiger partial charge in [0.25, 0.3) is 0 Å². The van der Waals surface area contributed by atoms with E-state index in [0.29, 0.717) is 0 Å². The van der Waals surface area contributed by atoms with Gasteiger partial charge in [-0.3, -0.25) is 4.98 Å². The van der Waals surface area contributed by atoms with Crippen molar-refractivity contribution in [2.24, 2.45) is 0 Å². The Morgan fingerprint density at radius 1 is 0.640 bits per heavy atom. The van der Waals surface area contributed by atoms with Crippen molar-refractivity contribution in [3.05, 3.63) is 60.4 Å². The lowest BCUT2D eigenvalue weighted by Crippen LogP contribution is -2.08. The first-order chi connectivity index (χ1) is 12.0. The number of rotatable bonds is 4. The van der Waals surface area contributed by atoms with Gasteiger partial charge in [-0.15, -0.1) is 0 Å². The molecular weight excluding hydrogens is 308 g/mol. The van der Waals surface area contributed by atoms with Crippen LogP contribution in [0.1, 0.15) is 5.69 Å². The monoisotopic (exact) mass is 332 g/mol. The number of aromatic nitrogens is 2. The first-order valence-corrected chi connectivity index (χ1v) is 8.35. The third-order valence-corrected chi connectivity index (χ3v) is 4.21. The average molecular weight is 332 g/mol. The summed E-state index contributed by atoms with van der Waals surface area (Å²) in [4.78, 5) is 13.6. The van der Waals surface area contributed by atoms with Gasteiger partial charge < -0.3 is 9.80 Å². The van der Waals surface area contributed by atoms with Crippen LogP contribution in [0.25, 0.3) is 22.5 Å². The van der Waals surface area contributed by atoms with Crippen molar-refractivity contribution >= 4 is 11.4 Å². The zero-order chi connectivity index (χ0) is 18.0. The van der Waals surface area contributed by atoms with Crippen molar-refractivity contribution in [1.82, 2.24) is 9.97 Å². The van der Waals surface area contributed by atoms with Crippen molar-refractivity contribution in [1.29, 1.82) is 0 Å². The second kappa shape index (κ2) is 6.93. The molecule has 1 aromatic heterocycles. The Kier molecular flexibility index (Phi) is 4.70. The smallest absolute Gasteiger partial charge is 0.0968 e. The van der Waals surface area contributed by atoms with Gasteiger partial charge in [0.05, 0.1) is 17.1 Å². The molecule has 0 aliphatic carbocycles. The van der Waals surface area contributed by atoms with E-state index in [0.717, 1.165) is 28.2 Å². The summed E-state index contributed by atoms with van der Waals surface area (Å²) in [5.41, 5.74) is 7.23. The molecule has 3 aromatic rings. The van der Waals surface area contributed by atoms with E-state index in [1.807, 2.05) is 41.3 Å². The number of nitrogens with zero attached hydrogens (tertiary/aromatic N) is 4. The van der Waals surface area contributed by atoms with E-state index in [2.05, 4.69) is 63.3 Å². The fraction of sp³-hybridized carbons (Fsp3) is 0.238. The third kappa shape index (κ3) is 3.63. The van der Waals surface area contributed by atoms with E-state index in [4.69, 9.17) is 4.98 Å². The highest BCUT2D eigenvalue weighted by Crippen LogP contribution is 2.30. The zero-order valence-electron chi connectivity index (χ0n) is 15.5. The number of hydrogen-bond donors (Lipinski definition) is 0. The minimum atomic E-state index is 0.911. The van der Waals surface area contributed by atoms with Gasteiger partial charge in [0.2, 0.25) is 0 Å². The molecule has 0 radical (unpaired) electrons. The van der Waals surface area contributed by atoms with Gasteiger partial charge >= 0.3 is 0 Å². The van der Waals surface area contributed by atoms with Crippen LogP contribution in [-0.4, -0.2) is 38.2 Å². The maximum absolute atomic E-state index is 4.77. The molecule has 0 atom stereocenters. The highest BCUT2D eigenvalue weighted by atomic mass is 15.1. The van der Waals surface area contributed by atoms with E-state index in [1.165, 1.54) is 11.4 Å². The van der Waals surface area contributed by atoms with Gasteiger partial charge in [0, 0.05) is 56.9 Å². The number of anilines is 2. The van der Waals surface area contributed by atoms with Crippen LogP contribution in [0.15, 0.2) is 54.7 Å². The summed E-state index contributed by atoms with van der Waals surface area (Å²) in [6.07, 6.45) is 1.83. The second-order valence-electron chi connectivity index (χ2n) is 6.59. The number of hydrogen-bond acceptors (Lipinski definition) is 4. The molecule has 0 saturated heterocycles. The van der Waals surface area contributed by atoms with E-state index >= 15 is 0 Å². The molecule has 0 spiro atoms. The summed E-state index contributed by atoms with van der Waals surface area (Å²) >= 11 is 0. The lowest BCUT2D eigenvalue weighted by Gasteiger charge is -2.15. The standard InChI is InChI=1S/C21H24N4/c1-15-14-22-20(16-6-10-18(11-7-16)24(2)3)21(23-15)17-8-12-19(13-9-17)25(4)5/h6-14H,1-5H3. The van der Waals surface area contributed by atoms with Crippen LogP contribution >= 0.6 is 0 Å². The molecular formula is C21H24N4. The molecule has 25 heavy (non-hydrogen) atoms. The Labute approximate surface area is 149 Å². The van der Waals surface area contributed by atoms with Gasteiger partial charge in [-0.1, -0.05) is 24.3 Å². The van der Waals surface area contributed by atoms with Gasteiger partial charge in [-0.2, -0.15) is 0 Å². The quantitative estimate of drug-likeness (QED) is 0.715. The van der Waals surface area contributed by atoms with Crippen LogP contribution in [0.5, 0.6) is 0 Å². The summed E-state index contributed by atoms with van der Waals surface area (Å²) in [5.74, 6) is 0. The molecule has 0 bridgehead atoms. The van der Waals surface area contributed by atoms with E-state index in [1.54, 1.807) is 0 Å². The average Bonchev–Trinajstić information content (AvgIpc) is 2.62. The lowest BCUT2D eigenvalue weighted by atomic mass is 10.0. The van der Waals surface area contributed by atoms with E-state index in [9.17, 15) is 0 Å². The van der Waals surface area contributed by atoms with Gasteiger partial charge in [0.1, 0.15) is 0 Å². The number of benzene rings is 2. The van der Waals surface area contributed by atoms with Gasteiger partial charge in [-0.25, -0.2) is 4.98 Å². The second-order valence-corrected chi connectivity index (χ2v) is 6.59. The lowest BCUT2D eigenvalue weighted by molar-refractivity contribution is 1.12. The van der Waals surface area contributed by atoms with Crippen LogP contribution < -0.4 is 9.80 Å². The fourth-order valence-corrected chi connectivity index (χ4v) is 2.72. The topological polar surface area (TPSA) is 32.3 Å². The Hall–Kier alpha value is -2.88. The summed E-state index contributed by atoms with van der Waals surface area (Å²) < 4.78 is 0. The van der Waals surface area contributed by atoms with Crippen molar-refractivity contribution < 1.29 is 0 Å². The van der Waals surface area contributed by atoms with Crippen molar-refractivity contribution in [2.45, 2.75) is 6.92 Å². The molecule has 4 nitrogen and oxygen atoms in total. The molecule has 128 valence electrons. The Balaban J connectivity index is 2.06. The highest BCUT2D eigenvalue weighted by molar-refractivity contribution is 5.79. The van der Waals surface area contributed by atoms with Crippen molar-refractivity contribution in [2.75, 3.05) is 38.0 Å². The van der Waals surface area contributed by atoms with E-state index in [-0.39, 0.29) is 0 Å². The largest absolute Gasteiger partial charge is 0.378 e. The summed E-state index contributed by atoms with van der Waals surface area (Å²) in [6.45, 7) is 1.98. The molecule has 0 N–H and O–H groups in total. The van der Waals surface area contributed by atoms with Gasteiger partial charge in [0.15, 0.2) is 0 Å². The minimum absolute atomic E-state index is 0.911. The molecule has 1 heterocycles. The van der Waals surface area contributed by atoms with Crippen molar-refractivity contribution in [3.8, 4) is 22.5 Å². The molecule has 0 amide bonds. The van der Waals surface area contributed by atoms with Gasteiger partial charge in [-0.05, 0) is 31.2 Å². The predicted molar refractivity (Wildman–Crippen MR) is 106 cm³/mol. The molecule has 0 fully saturated rings. The molecule has 3 rings (SSSR count). The first-order valence-electron chi connectivity index (χ1n) is 8.35. The van der Waals surface area contributed by atoms with Crippen LogP contribution in [0.2, 0.25) is 0 Å². The SMILES string of the molecule is Cc1cnc(-c2ccc(N(C)C)cc2)c(-c2ccc(N(C)C)cc2)n1. The summed E-state index contributed by atoms with van der Waals surface area (Å²) in [7, 11) is 8.16. The molecule has 0 saturated carbocycles. The fourth-order valence-electron chi connectivity index (χ4n) is 2.72. The Morgan fingerprint density at radius 2 is 1.08 bits per heavy atom. The first kappa shape index (κ1) is 17.0. The minimum Gasteiger partial charge on any atom is -0.378 e. The van der Waals surface area contributed by atoms with Crippen LogP contribution in [0.3, 0.4) is 0 Å². The van der Waals surface area contributed by atoms with Crippen LogP contribution in [-0.2, 0) is 0 Å². The maximum atomic E-state index is 4.77. The van der Waals surface area contributed by atoms with E-state index < -0.39 is 0 Å². The normalized spacial score (nSPS) is 10.6. The molecule has 4 heteroatoms. The summed E-state index contributed by atoms with van der Waals surface area (Å²) in [6, 6.07) is 16.9. The van der Waals surface area contributed by atoms with Crippen LogP contribution in [0, 0.1) is 6.92 Å². The molecule has 0 unspecified atom stereocenters. The predicted octanol–water partition coefficient (Wildman–Crippen LogP) is 4.25. The molecule has 2 aromatic carbocycles. The Bertz CT molecular complexity index is 850. The highest BCUT2D eigenvalue weighted by Gasteiger charge is 2.12. The van der Waals surface area contributed by atoms with Crippen molar-refractivity contribution in [3.63, 3.8) is 0 Å². The maximum Gasteiger partial charge on any atom is 0.0968 e. The summed E-state index contributed by atoms with van der Waals surface area (Å²) in [5, 5.41) is 0. The van der Waals surface area contributed by atoms with Crippen LogP contribution in [0.4, 0.5) is 11.4 Å².